The number of benzene rings is 1. The first-order valence-electron chi connectivity index (χ1n) is 9.72. The number of hydrogen-bond donors (Lipinski definition) is 1. The van der Waals surface area contributed by atoms with Crippen LogP contribution in [-0.2, 0) is 0 Å². The van der Waals surface area contributed by atoms with Crippen LogP contribution in [0.2, 0.25) is 24.2 Å². The molecule has 0 spiro atoms. The smallest absolute Gasteiger partial charge is 0.269 e. The Balaban J connectivity index is 1.77. The summed E-state index contributed by atoms with van der Waals surface area (Å²) in [7, 11) is -1.31. The van der Waals surface area contributed by atoms with E-state index in [-0.39, 0.29) is 17.8 Å². The van der Waals surface area contributed by atoms with Gasteiger partial charge in [-0.2, -0.15) is 5.10 Å². The van der Waals surface area contributed by atoms with E-state index in [4.69, 9.17) is 0 Å². The fourth-order valence-electron chi connectivity index (χ4n) is 3.40. The van der Waals surface area contributed by atoms with Gasteiger partial charge in [0.25, 0.3) is 5.91 Å². The maximum absolute atomic E-state index is 13.6. The zero-order valence-corrected chi connectivity index (χ0v) is 18.0. The van der Waals surface area contributed by atoms with Crippen LogP contribution in [0.15, 0.2) is 30.3 Å². The van der Waals surface area contributed by atoms with Crippen molar-refractivity contribution in [2.45, 2.75) is 63.8 Å². The third-order valence-electron chi connectivity index (χ3n) is 6.30. The molecule has 1 aliphatic heterocycles. The van der Waals surface area contributed by atoms with E-state index in [1.807, 2.05) is 10.7 Å². The van der Waals surface area contributed by atoms with Crippen LogP contribution in [-0.4, -0.2) is 30.3 Å². The Kier molecular flexibility index (Phi) is 5.30. The quantitative estimate of drug-likeness (QED) is 0.711. The number of rotatable bonds is 5. The summed E-state index contributed by atoms with van der Waals surface area (Å²) in [6.45, 7) is 12.5. The Hall–Kier alpha value is -1.95. The summed E-state index contributed by atoms with van der Waals surface area (Å²) in [5.74, 6) is -0.403. The summed E-state index contributed by atoms with van der Waals surface area (Å²) in [5.41, 5.74) is 1.92. The molecule has 1 aromatic heterocycles. The lowest BCUT2D eigenvalue weighted by Gasteiger charge is -2.37. The molecule has 2 heterocycles. The van der Waals surface area contributed by atoms with Crippen LogP contribution in [0.3, 0.4) is 0 Å². The van der Waals surface area contributed by atoms with Gasteiger partial charge in [0.15, 0.2) is 0 Å². The molecule has 1 unspecified atom stereocenters. The van der Waals surface area contributed by atoms with Crippen LogP contribution >= 0.6 is 0 Å². The molecule has 0 aliphatic carbocycles. The van der Waals surface area contributed by atoms with Gasteiger partial charge in [0.1, 0.15) is 11.5 Å². The highest BCUT2D eigenvalue weighted by Gasteiger charge is 2.35. The number of nitrogens with one attached hydrogen (secondary N) is 1. The first kappa shape index (κ1) is 19.8. The Bertz CT molecular complexity index is 838. The molecule has 2 aromatic rings. The fraction of sp³-hybridized carbons (Fsp3) is 0.524. The Morgan fingerprint density at radius 3 is 2.70 bits per heavy atom. The lowest BCUT2D eigenvalue weighted by molar-refractivity contribution is 0.0907. The average molecular weight is 388 g/mol. The second-order valence-corrected chi connectivity index (χ2v) is 15.0. The third kappa shape index (κ3) is 4.15. The van der Waals surface area contributed by atoms with Gasteiger partial charge >= 0.3 is 0 Å². The summed E-state index contributed by atoms with van der Waals surface area (Å²) >= 11 is 0. The first-order chi connectivity index (χ1) is 12.6. The standard InChI is InChI=1S/C21H30FN3OSi/c1-21(2,3)27(4,5)11-7-10-17-14-23-20(26)19-13-18(24-25(17)19)15-8-6-9-16(22)12-15/h6,8-9,12-13,17H,7,10-11,14H2,1-5H3,(H,23,26). The number of amides is 1. The molecule has 0 fully saturated rings. The molecule has 4 nitrogen and oxygen atoms in total. The van der Waals surface area contributed by atoms with Crippen molar-refractivity contribution in [3.63, 3.8) is 0 Å². The van der Waals surface area contributed by atoms with Crippen LogP contribution in [0.25, 0.3) is 11.3 Å². The molecular weight excluding hydrogens is 357 g/mol. The van der Waals surface area contributed by atoms with E-state index >= 15 is 0 Å². The number of hydrogen-bond acceptors (Lipinski definition) is 2. The molecule has 146 valence electrons. The van der Waals surface area contributed by atoms with Gasteiger partial charge in [-0.15, -0.1) is 0 Å². The molecule has 1 atom stereocenters. The number of nitrogens with zero attached hydrogens (tertiary/aromatic N) is 2. The summed E-state index contributed by atoms with van der Waals surface area (Å²) in [6.07, 6.45) is 2.12. The van der Waals surface area contributed by atoms with Crippen molar-refractivity contribution in [3.05, 3.63) is 41.8 Å². The van der Waals surface area contributed by atoms with Crippen LogP contribution in [0, 0.1) is 5.82 Å². The predicted molar refractivity (Wildman–Crippen MR) is 110 cm³/mol. The largest absolute Gasteiger partial charge is 0.349 e. The summed E-state index contributed by atoms with van der Waals surface area (Å²) in [6, 6.07) is 9.54. The van der Waals surface area contributed by atoms with Crippen molar-refractivity contribution in [1.82, 2.24) is 15.1 Å². The van der Waals surface area contributed by atoms with Crippen molar-refractivity contribution in [2.75, 3.05) is 6.54 Å². The summed E-state index contributed by atoms with van der Waals surface area (Å²) < 4.78 is 15.4. The highest BCUT2D eigenvalue weighted by molar-refractivity contribution is 6.80. The van der Waals surface area contributed by atoms with Crippen molar-refractivity contribution in [1.29, 1.82) is 0 Å². The minimum Gasteiger partial charge on any atom is -0.349 e. The second-order valence-electron chi connectivity index (χ2n) is 9.26. The first-order valence-corrected chi connectivity index (χ1v) is 12.9. The van der Waals surface area contributed by atoms with E-state index < -0.39 is 8.07 Å². The van der Waals surface area contributed by atoms with E-state index in [1.54, 1.807) is 12.1 Å². The molecule has 1 aromatic carbocycles. The van der Waals surface area contributed by atoms with Gasteiger partial charge in [-0.1, -0.05) is 58.5 Å². The molecule has 1 amide bonds. The third-order valence-corrected chi connectivity index (χ3v) is 12.0. The van der Waals surface area contributed by atoms with Crippen molar-refractivity contribution < 1.29 is 9.18 Å². The summed E-state index contributed by atoms with van der Waals surface area (Å²) in [5, 5.41) is 8.02. The number of carbonyl (C=O) groups excluding carboxylic acids is 1. The van der Waals surface area contributed by atoms with Gasteiger partial charge in [-0.25, -0.2) is 4.39 Å². The molecule has 0 saturated heterocycles. The minimum atomic E-state index is -1.31. The van der Waals surface area contributed by atoms with Crippen molar-refractivity contribution in [2.24, 2.45) is 0 Å². The average Bonchev–Trinajstić information content (AvgIpc) is 3.02. The monoisotopic (exact) mass is 387 g/mol. The Morgan fingerprint density at radius 1 is 1.30 bits per heavy atom. The zero-order valence-electron chi connectivity index (χ0n) is 17.0. The lowest BCUT2D eigenvalue weighted by atomic mass is 10.1. The van der Waals surface area contributed by atoms with Gasteiger partial charge in [-0.05, 0) is 29.7 Å². The van der Waals surface area contributed by atoms with Gasteiger partial charge in [0.05, 0.1) is 19.8 Å². The van der Waals surface area contributed by atoms with Crippen LogP contribution in [0.4, 0.5) is 4.39 Å². The maximum atomic E-state index is 13.6. The highest BCUT2D eigenvalue weighted by atomic mass is 28.3. The topological polar surface area (TPSA) is 46.9 Å². The number of carbonyl (C=O) groups is 1. The minimum absolute atomic E-state index is 0.106. The van der Waals surface area contributed by atoms with Crippen molar-refractivity contribution >= 4 is 14.0 Å². The molecular formula is C21H30FN3OSi. The number of fused-ring (bicyclic) bond motifs is 1. The molecule has 0 saturated carbocycles. The number of aromatic nitrogens is 2. The summed E-state index contributed by atoms with van der Waals surface area (Å²) in [4.78, 5) is 12.3. The SMILES string of the molecule is CC(C)(C)[Si](C)(C)CCCC1CNC(=O)c2cc(-c3cccc(F)c3)nn21. The lowest BCUT2D eigenvalue weighted by Crippen LogP contribution is -2.40. The maximum Gasteiger partial charge on any atom is 0.269 e. The van der Waals surface area contributed by atoms with Gasteiger partial charge in [-0.3, -0.25) is 9.48 Å². The van der Waals surface area contributed by atoms with Crippen LogP contribution < -0.4 is 5.32 Å². The van der Waals surface area contributed by atoms with E-state index in [0.717, 1.165) is 12.8 Å². The van der Waals surface area contributed by atoms with Gasteiger partial charge < -0.3 is 5.32 Å². The van der Waals surface area contributed by atoms with Crippen LogP contribution in [0.5, 0.6) is 0 Å². The molecule has 0 radical (unpaired) electrons. The zero-order chi connectivity index (χ0) is 19.8. The van der Waals surface area contributed by atoms with E-state index in [0.29, 0.717) is 28.5 Å². The van der Waals surface area contributed by atoms with Gasteiger partial charge in [0, 0.05) is 12.1 Å². The highest BCUT2D eigenvalue weighted by Crippen LogP contribution is 2.40. The molecule has 27 heavy (non-hydrogen) atoms. The number of halogens is 1. The van der Waals surface area contributed by atoms with E-state index in [2.05, 4.69) is 44.3 Å². The van der Waals surface area contributed by atoms with Crippen LogP contribution in [0.1, 0.15) is 50.1 Å². The van der Waals surface area contributed by atoms with E-state index in [9.17, 15) is 9.18 Å². The van der Waals surface area contributed by atoms with Gasteiger partial charge in [0.2, 0.25) is 0 Å². The molecule has 1 aliphatic rings. The molecule has 0 bridgehead atoms. The van der Waals surface area contributed by atoms with E-state index in [1.165, 1.54) is 18.2 Å². The predicted octanol–water partition coefficient (Wildman–Crippen LogP) is 5.26. The Labute approximate surface area is 162 Å². The van der Waals surface area contributed by atoms with Crippen molar-refractivity contribution in [3.8, 4) is 11.3 Å². The molecule has 6 heteroatoms. The molecule has 1 N–H and O–H groups in total. The second kappa shape index (κ2) is 7.22. The molecule has 3 rings (SSSR count). The normalized spacial score (nSPS) is 17.6. The fourth-order valence-corrected chi connectivity index (χ4v) is 5.24. The Morgan fingerprint density at radius 2 is 2.04 bits per heavy atom.